The van der Waals surface area contributed by atoms with Gasteiger partial charge in [0.2, 0.25) is 0 Å². The van der Waals surface area contributed by atoms with Crippen molar-refractivity contribution < 1.29 is 4.79 Å². The molecular formula is C11H13BrO. The fourth-order valence-corrected chi connectivity index (χ4v) is 1.99. The third kappa shape index (κ3) is 2.66. The van der Waals surface area contributed by atoms with Gasteiger partial charge in [0.25, 0.3) is 0 Å². The number of carbonyl (C=O) groups is 1. The number of ketones is 1. The lowest BCUT2D eigenvalue weighted by Crippen LogP contribution is -1.94. The Kier molecular flexibility index (Phi) is 3.67. The molecule has 0 aliphatic carbocycles. The van der Waals surface area contributed by atoms with Crippen molar-refractivity contribution in [2.24, 2.45) is 0 Å². The van der Waals surface area contributed by atoms with Crippen molar-refractivity contribution in [2.75, 3.05) is 0 Å². The van der Waals surface area contributed by atoms with Crippen LogP contribution < -0.4 is 0 Å². The molecule has 13 heavy (non-hydrogen) atoms. The molecule has 1 nitrogen and oxygen atoms in total. The highest BCUT2D eigenvalue weighted by atomic mass is 79.9. The van der Waals surface area contributed by atoms with Gasteiger partial charge in [0.15, 0.2) is 5.78 Å². The highest BCUT2D eigenvalue weighted by molar-refractivity contribution is 9.10. The van der Waals surface area contributed by atoms with E-state index in [0.717, 1.165) is 22.9 Å². The number of halogens is 1. The summed E-state index contributed by atoms with van der Waals surface area (Å²) in [5, 5.41) is 0. The standard InChI is InChI=1S/C11H13BrO/c1-3-4-9-5-6-10(8(2)13)11(12)7-9/h5-7H,3-4H2,1-2H3. The Balaban J connectivity index is 2.98. The second kappa shape index (κ2) is 4.56. The smallest absolute Gasteiger partial charge is 0.160 e. The van der Waals surface area contributed by atoms with Gasteiger partial charge in [0, 0.05) is 10.0 Å². The van der Waals surface area contributed by atoms with E-state index < -0.39 is 0 Å². The lowest BCUT2D eigenvalue weighted by molar-refractivity contribution is 0.101. The monoisotopic (exact) mass is 240 g/mol. The summed E-state index contributed by atoms with van der Waals surface area (Å²) in [5.74, 6) is 0.106. The average molecular weight is 241 g/mol. The number of hydrogen-bond donors (Lipinski definition) is 0. The Hall–Kier alpha value is -0.630. The third-order valence-corrected chi connectivity index (χ3v) is 2.61. The molecule has 0 aromatic heterocycles. The zero-order valence-electron chi connectivity index (χ0n) is 7.93. The molecule has 0 aliphatic rings. The van der Waals surface area contributed by atoms with Crippen LogP contribution in [0.2, 0.25) is 0 Å². The SMILES string of the molecule is CCCc1ccc(C(C)=O)c(Br)c1. The van der Waals surface area contributed by atoms with Gasteiger partial charge in [0.1, 0.15) is 0 Å². The summed E-state index contributed by atoms with van der Waals surface area (Å²) >= 11 is 3.40. The number of benzene rings is 1. The molecule has 0 radical (unpaired) electrons. The molecular weight excluding hydrogens is 228 g/mol. The first-order valence-corrected chi connectivity index (χ1v) is 5.23. The summed E-state index contributed by atoms with van der Waals surface area (Å²) in [6.45, 7) is 3.73. The zero-order chi connectivity index (χ0) is 9.84. The number of carbonyl (C=O) groups excluding carboxylic acids is 1. The first kappa shape index (κ1) is 10.5. The van der Waals surface area contributed by atoms with Crippen molar-refractivity contribution in [3.63, 3.8) is 0 Å². The zero-order valence-corrected chi connectivity index (χ0v) is 9.52. The molecule has 1 rings (SSSR count). The van der Waals surface area contributed by atoms with Gasteiger partial charge in [-0.3, -0.25) is 4.79 Å². The van der Waals surface area contributed by atoms with Gasteiger partial charge in [-0.05, 0) is 25.0 Å². The summed E-state index contributed by atoms with van der Waals surface area (Å²) in [6, 6.07) is 5.93. The van der Waals surface area contributed by atoms with Crippen LogP contribution in [-0.4, -0.2) is 5.78 Å². The van der Waals surface area contributed by atoms with E-state index in [4.69, 9.17) is 0 Å². The maximum Gasteiger partial charge on any atom is 0.160 e. The molecule has 0 spiro atoms. The van der Waals surface area contributed by atoms with E-state index in [9.17, 15) is 4.79 Å². The van der Waals surface area contributed by atoms with E-state index >= 15 is 0 Å². The topological polar surface area (TPSA) is 17.1 Å². The van der Waals surface area contributed by atoms with Crippen molar-refractivity contribution in [1.29, 1.82) is 0 Å². The lowest BCUT2D eigenvalue weighted by Gasteiger charge is -2.03. The quantitative estimate of drug-likeness (QED) is 0.739. The molecule has 0 heterocycles. The first-order chi connectivity index (χ1) is 6.15. The van der Waals surface area contributed by atoms with Crippen molar-refractivity contribution in [1.82, 2.24) is 0 Å². The molecule has 0 amide bonds. The van der Waals surface area contributed by atoms with Gasteiger partial charge in [-0.25, -0.2) is 0 Å². The van der Waals surface area contributed by atoms with Crippen LogP contribution in [-0.2, 0) is 6.42 Å². The van der Waals surface area contributed by atoms with Crippen molar-refractivity contribution in [2.45, 2.75) is 26.7 Å². The van der Waals surface area contributed by atoms with Crippen LogP contribution in [0.1, 0.15) is 36.2 Å². The minimum atomic E-state index is 0.106. The van der Waals surface area contributed by atoms with E-state index in [0.29, 0.717) is 0 Å². The van der Waals surface area contributed by atoms with Crippen molar-refractivity contribution >= 4 is 21.7 Å². The van der Waals surface area contributed by atoms with Gasteiger partial charge >= 0.3 is 0 Å². The first-order valence-electron chi connectivity index (χ1n) is 4.44. The summed E-state index contributed by atoms with van der Waals surface area (Å²) in [4.78, 5) is 11.1. The van der Waals surface area contributed by atoms with Crippen LogP contribution in [0.25, 0.3) is 0 Å². The van der Waals surface area contributed by atoms with Gasteiger partial charge in [-0.2, -0.15) is 0 Å². The second-order valence-corrected chi connectivity index (χ2v) is 3.97. The van der Waals surface area contributed by atoms with Crippen LogP contribution >= 0.6 is 15.9 Å². The molecule has 0 bridgehead atoms. The van der Waals surface area contributed by atoms with E-state index in [-0.39, 0.29) is 5.78 Å². The van der Waals surface area contributed by atoms with Gasteiger partial charge in [-0.1, -0.05) is 41.4 Å². The molecule has 1 aromatic rings. The highest BCUT2D eigenvalue weighted by Crippen LogP contribution is 2.19. The molecule has 0 saturated heterocycles. The van der Waals surface area contributed by atoms with Crippen LogP contribution in [0.3, 0.4) is 0 Å². The minimum Gasteiger partial charge on any atom is -0.294 e. The lowest BCUT2D eigenvalue weighted by atomic mass is 10.1. The number of rotatable bonds is 3. The summed E-state index contributed by atoms with van der Waals surface area (Å²) in [5.41, 5.74) is 2.04. The molecule has 0 saturated carbocycles. The van der Waals surface area contributed by atoms with E-state index in [2.05, 4.69) is 22.9 Å². The number of aryl methyl sites for hydroxylation is 1. The molecule has 2 heteroatoms. The summed E-state index contributed by atoms with van der Waals surface area (Å²) in [7, 11) is 0. The molecule has 0 N–H and O–H groups in total. The van der Waals surface area contributed by atoms with E-state index in [1.54, 1.807) is 6.92 Å². The summed E-state index contributed by atoms with van der Waals surface area (Å²) < 4.78 is 0.908. The van der Waals surface area contributed by atoms with Crippen LogP contribution in [0.5, 0.6) is 0 Å². The van der Waals surface area contributed by atoms with E-state index in [1.165, 1.54) is 5.56 Å². The van der Waals surface area contributed by atoms with Gasteiger partial charge in [0.05, 0.1) is 0 Å². The maximum absolute atomic E-state index is 11.1. The minimum absolute atomic E-state index is 0.106. The Bertz CT molecular complexity index is 318. The van der Waals surface area contributed by atoms with Crippen molar-refractivity contribution in [3.05, 3.63) is 33.8 Å². The second-order valence-electron chi connectivity index (χ2n) is 3.12. The molecule has 1 aromatic carbocycles. The molecule has 0 atom stereocenters. The molecule has 70 valence electrons. The van der Waals surface area contributed by atoms with E-state index in [1.807, 2.05) is 18.2 Å². The summed E-state index contributed by atoms with van der Waals surface area (Å²) in [6.07, 6.45) is 2.20. The predicted octanol–water partition coefficient (Wildman–Crippen LogP) is 3.60. The highest BCUT2D eigenvalue weighted by Gasteiger charge is 2.04. The molecule has 0 fully saturated rings. The fraction of sp³-hybridized carbons (Fsp3) is 0.364. The number of hydrogen-bond acceptors (Lipinski definition) is 1. The molecule has 0 unspecified atom stereocenters. The number of Topliss-reactive ketones (excluding diaryl/α,β-unsaturated/α-hetero) is 1. The van der Waals surface area contributed by atoms with Gasteiger partial charge < -0.3 is 0 Å². The van der Waals surface area contributed by atoms with Crippen LogP contribution in [0.4, 0.5) is 0 Å². The third-order valence-electron chi connectivity index (χ3n) is 1.95. The normalized spacial score (nSPS) is 10.1. The van der Waals surface area contributed by atoms with Crippen LogP contribution in [0, 0.1) is 0 Å². The maximum atomic E-state index is 11.1. The van der Waals surface area contributed by atoms with Crippen LogP contribution in [0.15, 0.2) is 22.7 Å². The Morgan fingerprint density at radius 3 is 2.62 bits per heavy atom. The fourth-order valence-electron chi connectivity index (χ4n) is 1.29. The average Bonchev–Trinajstić information content (AvgIpc) is 2.04. The Labute approximate surface area is 87.3 Å². The Morgan fingerprint density at radius 1 is 1.46 bits per heavy atom. The van der Waals surface area contributed by atoms with Crippen molar-refractivity contribution in [3.8, 4) is 0 Å². The molecule has 0 aliphatic heterocycles. The largest absolute Gasteiger partial charge is 0.294 e. The van der Waals surface area contributed by atoms with Gasteiger partial charge in [-0.15, -0.1) is 0 Å². The Morgan fingerprint density at radius 2 is 2.15 bits per heavy atom. The predicted molar refractivity (Wildman–Crippen MR) is 58.1 cm³/mol.